The Morgan fingerprint density at radius 3 is 2.46 bits per heavy atom. The summed E-state index contributed by atoms with van der Waals surface area (Å²) in [5, 5.41) is 9.56. The molecule has 11 nitrogen and oxygen atoms in total. The number of rotatable bonds is 10. The van der Waals surface area contributed by atoms with Crippen LogP contribution < -0.4 is 21.9 Å². The van der Waals surface area contributed by atoms with Crippen molar-refractivity contribution in [2.45, 2.75) is 47.2 Å². The molecule has 2 heterocycles. The molecule has 0 aliphatic heterocycles. The topological polar surface area (TPSA) is 156 Å². The van der Waals surface area contributed by atoms with Crippen LogP contribution in [0.2, 0.25) is 0 Å². The zero-order valence-corrected chi connectivity index (χ0v) is 22.5. The standard InChI is InChI=1S/C28H32N6O5/c1-5-12-33-18(3)13-21(19(33)4)14-22(15-29)27(37)39-17-23(35)32(6-2)24-25(30)34(28(38)31-26(24)36)16-20-10-8-7-9-11-20/h7-11,13-14H,5-6,12,16-17,30H2,1-4H3,(H,31,36,38). The molecule has 0 fully saturated rings. The number of H-pyrrole nitrogens is 1. The van der Waals surface area contributed by atoms with Crippen LogP contribution in [0.25, 0.3) is 6.08 Å². The van der Waals surface area contributed by atoms with Crippen LogP contribution >= 0.6 is 0 Å². The summed E-state index contributed by atoms with van der Waals surface area (Å²) in [5.41, 5.74) is 7.51. The summed E-state index contributed by atoms with van der Waals surface area (Å²) >= 11 is 0. The maximum Gasteiger partial charge on any atom is 0.349 e. The van der Waals surface area contributed by atoms with E-state index in [1.54, 1.807) is 31.2 Å². The number of amides is 1. The molecule has 0 bridgehead atoms. The molecule has 0 spiro atoms. The average molecular weight is 533 g/mol. The molecule has 39 heavy (non-hydrogen) atoms. The SMILES string of the molecule is CCCn1c(C)cc(C=C(C#N)C(=O)OCC(=O)N(CC)c2c(N)n(Cc3ccccc3)c(=O)[nH]c2=O)c1C. The van der Waals surface area contributed by atoms with Crippen LogP contribution in [0.1, 0.15) is 42.8 Å². The second-order valence-corrected chi connectivity index (χ2v) is 8.93. The van der Waals surface area contributed by atoms with Gasteiger partial charge in [0.25, 0.3) is 11.5 Å². The number of aromatic amines is 1. The Balaban J connectivity index is 1.82. The smallest absolute Gasteiger partial charge is 0.349 e. The van der Waals surface area contributed by atoms with Crippen molar-refractivity contribution in [2.75, 3.05) is 23.8 Å². The predicted molar refractivity (Wildman–Crippen MR) is 148 cm³/mol. The predicted octanol–water partition coefficient (Wildman–Crippen LogP) is 2.50. The van der Waals surface area contributed by atoms with E-state index in [1.807, 2.05) is 32.0 Å². The molecular weight excluding hydrogens is 500 g/mol. The Labute approximate surface area is 225 Å². The number of carbonyl (C=O) groups excluding carboxylic acids is 2. The van der Waals surface area contributed by atoms with Crippen molar-refractivity contribution >= 4 is 29.5 Å². The van der Waals surface area contributed by atoms with E-state index in [2.05, 4.69) is 16.5 Å². The number of hydrogen-bond donors (Lipinski definition) is 2. The minimum absolute atomic E-state index is 0.0115. The third-order valence-electron chi connectivity index (χ3n) is 6.31. The molecular formula is C28H32N6O5. The quantitative estimate of drug-likeness (QED) is 0.231. The molecule has 0 saturated heterocycles. The normalized spacial score (nSPS) is 11.2. The van der Waals surface area contributed by atoms with Gasteiger partial charge in [0, 0.05) is 24.5 Å². The maximum absolute atomic E-state index is 13.0. The number of aryl methyl sites for hydroxylation is 1. The van der Waals surface area contributed by atoms with E-state index in [0.29, 0.717) is 5.56 Å². The number of nitrogen functional groups attached to an aromatic ring is 1. The minimum atomic E-state index is -0.974. The number of nitrogens with two attached hydrogens (primary N) is 1. The Morgan fingerprint density at radius 2 is 1.85 bits per heavy atom. The number of benzene rings is 1. The monoisotopic (exact) mass is 532 g/mol. The van der Waals surface area contributed by atoms with Gasteiger partial charge in [0.15, 0.2) is 12.3 Å². The number of ether oxygens (including phenoxy) is 1. The van der Waals surface area contributed by atoms with Gasteiger partial charge in [-0.3, -0.25) is 19.1 Å². The zero-order chi connectivity index (χ0) is 28.7. The number of likely N-dealkylation sites (N-methyl/N-ethyl adjacent to an activating group) is 1. The molecule has 0 unspecified atom stereocenters. The van der Waals surface area contributed by atoms with Gasteiger partial charge in [-0.1, -0.05) is 37.3 Å². The lowest BCUT2D eigenvalue weighted by Gasteiger charge is -2.23. The molecule has 2 aromatic heterocycles. The van der Waals surface area contributed by atoms with Gasteiger partial charge < -0.3 is 19.9 Å². The van der Waals surface area contributed by atoms with E-state index < -0.39 is 29.7 Å². The van der Waals surface area contributed by atoms with Crippen molar-refractivity contribution in [2.24, 2.45) is 0 Å². The molecule has 204 valence electrons. The summed E-state index contributed by atoms with van der Waals surface area (Å²) in [6.07, 6.45) is 2.36. The molecule has 1 aromatic carbocycles. The summed E-state index contributed by atoms with van der Waals surface area (Å²) in [6.45, 7) is 7.66. The number of aromatic nitrogens is 3. The number of nitrogens with zero attached hydrogens (tertiary/aromatic N) is 4. The van der Waals surface area contributed by atoms with Crippen molar-refractivity contribution in [1.29, 1.82) is 5.26 Å². The summed E-state index contributed by atoms with van der Waals surface area (Å²) < 4.78 is 8.38. The van der Waals surface area contributed by atoms with Gasteiger partial charge in [-0.05, 0) is 50.5 Å². The van der Waals surface area contributed by atoms with Crippen molar-refractivity contribution in [3.63, 3.8) is 0 Å². The third-order valence-corrected chi connectivity index (χ3v) is 6.31. The molecule has 0 saturated carbocycles. The van der Waals surface area contributed by atoms with Crippen LogP contribution in [-0.4, -0.2) is 39.1 Å². The van der Waals surface area contributed by atoms with Crippen molar-refractivity contribution < 1.29 is 14.3 Å². The van der Waals surface area contributed by atoms with Gasteiger partial charge in [0.2, 0.25) is 0 Å². The first-order chi connectivity index (χ1) is 18.6. The van der Waals surface area contributed by atoms with E-state index in [0.717, 1.165) is 39.4 Å². The second kappa shape index (κ2) is 12.6. The number of nitrogens with one attached hydrogen (secondary N) is 1. The molecule has 11 heteroatoms. The van der Waals surface area contributed by atoms with Gasteiger partial charge in [-0.15, -0.1) is 0 Å². The maximum atomic E-state index is 13.0. The lowest BCUT2D eigenvalue weighted by atomic mass is 10.1. The highest BCUT2D eigenvalue weighted by Crippen LogP contribution is 2.20. The first kappa shape index (κ1) is 28.7. The van der Waals surface area contributed by atoms with Crippen LogP contribution in [0, 0.1) is 25.2 Å². The van der Waals surface area contributed by atoms with Gasteiger partial charge in [0.05, 0.1) is 6.54 Å². The Bertz CT molecular complexity index is 1560. The molecule has 0 atom stereocenters. The first-order valence-corrected chi connectivity index (χ1v) is 12.5. The van der Waals surface area contributed by atoms with E-state index >= 15 is 0 Å². The minimum Gasteiger partial charge on any atom is -0.451 e. The van der Waals surface area contributed by atoms with Crippen molar-refractivity contribution in [3.05, 3.63) is 85.3 Å². The average Bonchev–Trinajstić information content (AvgIpc) is 3.18. The number of anilines is 2. The van der Waals surface area contributed by atoms with E-state index in [1.165, 1.54) is 6.08 Å². The van der Waals surface area contributed by atoms with Gasteiger partial charge in [-0.25, -0.2) is 9.59 Å². The Morgan fingerprint density at radius 1 is 1.15 bits per heavy atom. The van der Waals surface area contributed by atoms with Crippen LogP contribution in [-0.2, 0) is 27.4 Å². The fourth-order valence-corrected chi connectivity index (χ4v) is 4.34. The Kier molecular flexibility index (Phi) is 9.28. The van der Waals surface area contributed by atoms with Crippen LogP contribution in [0.4, 0.5) is 11.5 Å². The Hall–Kier alpha value is -4.85. The second-order valence-electron chi connectivity index (χ2n) is 8.93. The van der Waals surface area contributed by atoms with Gasteiger partial charge >= 0.3 is 11.7 Å². The van der Waals surface area contributed by atoms with Gasteiger partial charge in [-0.2, -0.15) is 5.26 Å². The first-order valence-electron chi connectivity index (χ1n) is 12.5. The molecule has 0 aliphatic carbocycles. The molecule has 3 aromatic rings. The largest absolute Gasteiger partial charge is 0.451 e. The molecule has 0 aliphatic rings. The highest BCUT2D eigenvalue weighted by Gasteiger charge is 2.25. The number of hydrogen-bond acceptors (Lipinski definition) is 7. The number of esters is 1. The van der Waals surface area contributed by atoms with Gasteiger partial charge in [0.1, 0.15) is 17.5 Å². The van der Waals surface area contributed by atoms with Crippen molar-refractivity contribution in [3.8, 4) is 6.07 Å². The summed E-state index contributed by atoms with van der Waals surface area (Å²) in [7, 11) is 0. The lowest BCUT2D eigenvalue weighted by molar-refractivity contribution is -0.143. The van der Waals surface area contributed by atoms with E-state index in [9.17, 15) is 24.4 Å². The summed E-state index contributed by atoms with van der Waals surface area (Å²) in [4.78, 5) is 54.1. The zero-order valence-electron chi connectivity index (χ0n) is 22.5. The molecule has 3 N–H and O–H groups in total. The van der Waals surface area contributed by atoms with Crippen molar-refractivity contribution in [1.82, 2.24) is 14.1 Å². The van der Waals surface area contributed by atoms with E-state index in [-0.39, 0.29) is 30.2 Å². The van der Waals surface area contributed by atoms with Crippen LogP contribution in [0.15, 0.2) is 51.6 Å². The third kappa shape index (κ3) is 6.35. The van der Waals surface area contributed by atoms with Crippen LogP contribution in [0.3, 0.4) is 0 Å². The molecule has 0 radical (unpaired) electrons. The summed E-state index contributed by atoms with van der Waals surface area (Å²) in [5.74, 6) is -1.92. The number of carbonyl (C=O) groups is 2. The number of nitriles is 1. The van der Waals surface area contributed by atoms with E-state index in [4.69, 9.17) is 10.5 Å². The summed E-state index contributed by atoms with van der Waals surface area (Å²) in [6, 6.07) is 12.7. The highest BCUT2D eigenvalue weighted by atomic mass is 16.5. The highest BCUT2D eigenvalue weighted by molar-refractivity contribution is 6.01. The molecule has 1 amide bonds. The van der Waals surface area contributed by atoms with Crippen LogP contribution in [0.5, 0.6) is 0 Å². The lowest BCUT2D eigenvalue weighted by Crippen LogP contribution is -2.42. The fourth-order valence-electron chi connectivity index (χ4n) is 4.34. The molecule has 3 rings (SSSR count). The fraction of sp³-hybridized carbons (Fsp3) is 0.321.